The Balaban J connectivity index is 1.71. The minimum atomic E-state index is 0.441. The van der Waals surface area contributed by atoms with Crippen LogP contribution in [-0.4, -0.2) is 23.5 Å². The predicted octanol–water partition coefficient (Wildman–Crippen LogP) is 5.65. The number of methoxy groups -OCH3 is 1. The van der Waals surface area contributed by atoms with E-state index in [0.717, 1.165) is 34.1 Å². The molecule has 0 amide bonds. The van der Waals surface area contributed by atoms with Gasteiger partial charge in [0.25, 0.3) is 5.89 Å². The average Bonchev–Trinajstić information content (AvgIpc) is 3.25. The molecule has 30 heavy (non-hydrogen) atoms. The molecule has 5 nitrogen and oxygen atoms in total. The highest BCUT2D eigenvalue weighted by atomic mass is 16.5. The molecule has 0 aliphatic rings. The molecule has 4 rings (SSSR count). The minimum absolute atomic E-state index is 0.441. The van der Waals surface area contributed by atoms with Gasteiger partial charge in [0.15, 0.2) is 0 Å². The first-order chi connectivity index (χ1) is 14.6. The molecule has 0 bridgehead atoms. The summed E-state index contributed by atoms with van der Waals surface area (Å²) in [5, 5.41) is 4.12. The van der Waals surface area contributed by atoms with E-state index in [-0.39, 0.29) is 0 Å². The topological polar surface area (TPSA) is 65.2 Å². The van der Waals surface area contributed by atoms with Crippen molar-refractivity contribution in [3.05, 3.63) is 82.9 Å². The highest BCUT2D eigenvalue weighted by Gasteiger charge is 2.15. The molecule has 150 valence electrons. The van der Waals surface area contributed by atoms with Crippen LogP contribution in [0.3, 0.4) is 0 Å². The van der Waals surface area contributed by atoms with E-state index < -0.39 is 0 Å². The normalized spacial score (nSPS) is 10.9. The zero-order valence-electron chi connectivity index (χ0n) is 17.2. The van der Waals surface area contributed by atoms with Gasteiger partial charge in [-0.25, -0.2) is 0 Å². The fraction of sp³-hybridized carbons (Fsp3) is 0.160. The van der Waals surface area contributed by atoms with E-state index in [1.807, 2.05) is 43.3 Å². The molecule has 0 N–H and O–H groups in total. The fourth-order valence-corrected chi connectivity index (χ4v) is 3.54. The molecule has 0 saturated heterocycles. The molecule has 0 spiro atoms. The van der Waals surface area contributed by atoms with Crippen LogP contribution in [0.4, 0.5) is 0 Å². The molecule has 5 heteroatoms. The first-order valence-electron chi connectivity index (χ1n) is 9.69. The van der Waals surface area contributed by atoms with Crippen molar-refractivity contribution >= 4 is 6.29 Å². The maximum Gasteiger partial charge on any atom is 0.258 e. The molecule has 0 saturated carbocycles. The maximum absolute atomic E-state index is 11.0. The van der Waals surface area contributed by atoms with E-state index in [4.69, 9.17) is 9.26 Å². The summed E-state index contributed by atoms with van der Waals surface area (Å²) in [4.78, 5) is 15.6. The van der Waals surface area contributed by atoms with Crippen molar-refractivity contribution in [2.45, 2.75) is 20.5 Å². The number of aromatic nitrogens is 2. The highest BCUT2D eigenvalue weighted by molar-refractivity contribution is 5.79. The molecule has 0 aliphatic heterocycles. The van der Waals surface area contributed by atoms with Crippen molar-refractivity contribution in [1.82, 2.24) is 10.1 Å². The zero-order chi connectivity index (χ0) is 21.1. The summed E-state index contributed by atoms with van der Waals surface area (Å²) in [6, 6.07) is 19.8. The fourth-order valence-electron chi connectivity index (χ4n) is 3.54. The van der Waals surface area contributed by atoms with Crippen molar-refractivity contribution in [3.8, 4) is 34.0 Å². The lowest BCUT2D eigenvalue weighted by Gasteiger charge is -2.12. The van der Waals surface area contributed by atoms with Gasteiger partial charge >= 0.3 is 0 Å². The summed E-state index contributed by atoms with van der Waals surface area (Å²) in [6.07, 6.45) is 0.841. The first kappa shape index (κ1) is 19.7. The lowest BCUT2D eigenvalue weighted by Crippen LogP contribution is -1.95. The van der Waals surface area contributed by atoms with Gasteiger partial charge in [-0.3, -0.25) is 4.79 Å². The van der Waals surface area contributed by atoms with E-state index in [1.54, 1.807) is 13.2 Å². The smallest absolute Gasteiger partial charge is 0.258 e. The Bertz CT molecular complexity index is 1210. The van der Waals surface area contributed by atoms with E-state index >= 15 is 0 Å². The van der Waals surface area contributed by atoms with E-state index in [2.05, 4.69) is 35.3 Å². The Morgan fingerprint density at radius 3 is 2.47 bits per heavy atom. The summed E-state index contributed by atoms with van der Waals surface area (Å²) in [5.74, 6) is 0.928. The molecular formula is C25H22N2O3. The number of rotatable bonds is 6. The molecule has 0 aliphatic carbocycles. The molecule has 1 aromatic heterocycles. The molecule has 1 heterocycles. The van der Waals surface area contributed by atoms with Gasteiger partial charge < -0.3 is 9.26 Å². The van der Waals surface area contributed by atoms with Gasteiger partial charge in [-0.1, -0.05) is 47.6 Å². The van der Waals surface area contributed by atoms with Crippen LogP contribution in [0.1, 0.15) is 27.0 Å². The van der Waals surface area contributed by atoms with Crippen LogP contribution in [-0.2, 0) is 11.3 Å². The third kappa shape index (κ3) is 3.80. The Hall–Kier alpha value is -3.57. The zero-order valence-corrected chi connectivity index (χ0v) is 17.2. The van der Waals surface area contributed by atoms with Crippen molar-refractivity contribution in [1.29, 1.82) is 0 Å². The third-order valence-electron chi connectivity index (χ3n) is 5.17. The predicted molar refractivity (Wildman–Crippen MR) is 116 cm³/mol. The molecule has 3 aromatic carbocycles. The molecule has 0 atom stereocenters. The van der Waals surface area contributed by atoms with Crippen molar-refractivity contribution < 1.29 is 14.1 Å². The van der Waals surface area contributed by atoms with Gasteiger partial charge in [0.2, 0.25) is 5.82 Å². The number of benzene rings is 3. The summed E-state index contributed by atoms with van der Waals surface area (Å²) in [6.45, 7) is 4.46. The van der Waals surface area contributed by atoms with Gasteiger partial charge in [-0.05, 0) is 59.9 Å². The maximum atomic E-state index is 11.0. The van der Waals surface area contributed by atoms with Crippen molar-refractivity contribution in [3.63, 3.8) is 0 Å². The number of nitrogens with zero attached hydrogens (tertiary/aromatic N) is 2. The highest BCUT2D eigenvalue weighted by Crippen LogP contribution is 2.31. The lowest BCUT2D eigenvalue weighted by molar-refractivity contribution is 0.112. The van der Waals surface area contributed by atoms with Crippen LogP contribution in [0.25, 0.3) is 34.0 Å². The third-order valence-corrected chi connectivity index (χ3v) is 5.17. The van der Waals surface area contributed by atoms with Gasteiger partial charge in [-0.15, -0.1) is 0 Å². The van der Waals surface area contributed by atoms with Gasteiger partial charge in [0.05, 0.1) is 6.61 Å². The standard InChI is InChI=1S/C25H22N2O3/c1-16-6-4-5-7-22(16)23-11-10-19(13-21(23)15-29-3)25-26-24(27-30-25)18-8-9-20(14-28)17(2)12-18/h4-14H,15H2,1-3H3. The number of ether oxygens (including phenoxy) is 1. The van der Waals surface area contributed by atoms with Crippen LogP contribution in [0, 0.1) is 13.8 Å². The van der Waals surface area contributed by atoms with E-state index in [9.17, 15) is 4.79 Å². The Morgan fingerprint density at radius 2 is 1.73 bits per heavy atom. The SMILES string of the molecule is COCc1cc(-c2nc(-c3ccc(C=O)c(C)c3)no2)ccc1-c1ccccc1C. The van der Waals surface area contributed by atoms with Gasteiger partial charge in [0, 0.05) is 23.8 Å². The quantitative estimate of drug-likeness (QED) is 0.393. The first-order valence-corrected chi connectivity index (χ1v) is 9.69. The van der Waals surface area contributed by atoms with Crippen LogP contribution in [0.5, 0.6) is 0 Å². The van der Waals surface area contributed by atoms with Crippen LogP contribution < -0.4 is 0 Å². The second kappa shape index (κ2) is 8.43. The van der Waals surface area contributed by atoms with Crippen LogP contribution >= 0.6 is 0 Å². The second-order valence-corrected chi connectivity index (χ2v) is 7.23. The molecule has 4 aromatic rings. The van der Waals surface area contributed by atoms with Crippen LogP contribution in [0.15, 0.2) is 65.2 Å². The molecule has 0 unspecified atom stereocenters. The summed E-state index contributed by atoms with van der Waals surface area (Å²) in [5.41, 5.74) is 7.72. The lowest BCUT2D eigenvalue weighted by atomic mass is 9.94. The minimum Gasteiger partial charge on any atom is -0.380 e. The number of hydrogen-bond donors (Lipinski definition) is 0. The Kier molecular flexibility index (Phi) is 5.55. The monoisotopic (exact) mass is 398 g/mol. The number of hydrogen-bond acceptors (Lipinski definition) is 5. The molecule has 0 fully saturated rings. The van der Waals surface area contributed by atoms with Crippen molar-refractivity contribution in [2.24, 2.45) is 0 Å². The number of aryl methyl sites for hydroxylation is 2. The summed E-state index contributed by atoms with van der Waals surface area (Å²) < 4.78 is 11.0. The van der Waals surface area contributed by atoms with Crippen molar-refractivity contribution in [2.75, 3.05) is 7.11 Å². The van der Waals surface area contributed by atoms with E-state index in [1.165, 1.54) is 11.1 Å². The van der Waals surface area contributed by atoms with Gasteiger partial charge in [-0.2, -0.15) is 4.98 Å². The number of carbonyl (C=O) groups is 1. The Labute approximate surface area is 175 Å². The average molecular weight is 398 g/mol. The van der Waals surface area contributed by atoms with Gasteiger partial charge in [0.1, 0.15) is 6.29 Å². The number of aldehydes is 1. The summed E-state index contributed by atoms with van der Waals surface area (Å²) >= 11 is 0. The Morgan fingerprint density at radius 1 is 0.933 bits per heavy atom. The molecular weight excluding hydrogens is 376 g/mol. The van der Waals surface area contributed by atoms with E-state index in [0.29, 0.717) is 23.9 Å². The number of carbonyl (C=O) groups excluding carboxylic acids is 1. The summed E-state index contributed by atoms with van der Waals surface area (Å²) in [7, 11) is 1.68. The van der Waals surface area contributed by atoms with Crippen LogP contribution in [0.2, 0.25) is 0 Å². The molecule has 0 radical (unpaired) electrons. The largest absolute Gasteiger partial charge is 0.380 e. The second-order valence-electron chi connectivity index (χ2n) is 7.23.